The van der Waals surface area contributed by atoms with Crippen LogP contribution in [0.3, 0.4) is 0 Å². The maximum absolute atomic E-state index is 15.6. The van der Waals surface area contributed by atoms with Gasteiger partial charge in [0.1, 0.15) is 11.7 Å². The molecule has 194 valence electrons. The second kappa shape index (κ2) is 9.88. The van der Waals surface area contributed by atoms with Gasteiger partial charge in [0.25, 0.3) is 0 Å². The topological polar surface area (TPSA) is 90.9 Å². The molecule has 1 aromatic rings. The molecule has 2 saturated heterocycles. The van der Waals surface area contributed by atoms with E-state index >= 15 is 4.39 Å². The summed E-state index contributed by atoms with van der Waals surface area (Å²) in [4.78, 5) is 27.3. The molecular formula is C28H36FN3O4. The summed E-state index contributed by atoms with van der Waals surface area (Å²) in [6.07, 6.45) is 5.61. The van der Waals surface area contributed by atoms with Crippen molar-refractivity contribution in [3.05, 3.63) is 47.7 Å². The van der Waals surface area contributed by atoms with Crippen LogP contribution in [0.15, 0.2) is 42.1 Å². The lowest BCUT2D eigenvalue weighted by molar-refractivity contribution is -0.199. The third-order valence-electron chi connectivity index (χ3n) is 9.20. The molecule has 7 nitrogen and oxygen atoms in total. The Morgan fingerprint density at radius 3 is 2.78 bits per heavy atom. The number of carboxylic acid groups (broad SMARTS) is 1. The van der Waals surface area contributed by atoms with Gasteiger partial charge < -0.3 is 25.4 Å². The lowest BCUT2D eigenvalue weighted by Gasteiger charge is -2.59. The molecule has 0 bridgehead atoms. The number of Topliss-reactive ketones (excluding diaryl/α,β-unsaturated/α-hetero) is 1. The summed E-state index contributed by atoms with van der Waals surface area (Å²) in [5.41, 5.74) is 1.06. The first kappa shape index (κ1) is 24.1. The lowest BCUT2D eigenvalue weighted by atomic mass is 9.68. The number of carbonyl (C=O) groups is 2. The van der Waals surface area contributed by atoms with E-state index in [9.17, 15) is 14.7 Å². The van der Waals surface area contributed by atoms with Crippen molar-refractivity contribution >= 4 is 11.8 Å². The smallest absolute Gasteiger partial charge is 0.340 e. The van der Waals surface area contributed by atoms with E-state index in [1.165, 1.54) is 12.0 Å². The van der Waals surface area contributed by atoms with Gasteiger partial charge in [-0.05, 0) is 69.5 Å². The van der Waals surface area contributed by atoms with Gasteiger partial charge in [-0.1, -0.05) is 30.3 Å². The molecule has 0 radical (unpaired) electrons. The fraction of sp³-hybridized carbons (Fsp3) is 0.643. The summed E-state index contributed by atoms with van der Waals surface area (Å²) < 4.78 is 22.3. The highest BCUT2D eigenvalue weighted by atomic mass is 19.1. The minimum atomic E-state index is -1.26. The molecule has 5 aliphatic rings. The fourth-order valence-corrected chi connectivity index (χ4v) is 7.45. The molecule has 0 amide bonds. The molecule has 8 heteroatoms. The Labute approximate surface area is 211 Å². The van der Waals surface area contributed by atoms with Crippen molar-refractivity contribution in [1.82, 2.24) is 15.5 Å². The highest BCUT2D eigenvalue weighted by Crippen LogP contribution is 2.47. The molecular weight excluding hydrogens is 461 g/mol. The Kier molecular flexibility index (Phi) is 6.60. The number of morpholine rings is 1. The number of hydrogen-bond donors (Lipinski definition) is 3. The fourth-order valence-electron chi connectivity index (χ4n) is 7.45. The second-order valence-corrected chi connectivity index (χ2v) is 11.2. The van der Waals surface area contributed by atoms with E-state index in [1.807, 2.05) is 18.2 Å². The van der Waals surface area contributed by atoms with Crippen molar-refractivity contribution < 1.29 is 23.8 Å². The number of nitrogens with one attached hydrogen (secondary N) is 2. The standard InChI is InChI=1S/C28H36FN3O4/c29-21-14-19-25-27(24(21)31-12-10-18-7-4-11-30-18)36-23-9-8-17(16-5-2-1-3-6-16)13-22(23)32(25)15-20(26(19)33)28(34)35/h1-3,5-6,15,17-19,21-25,27,30-31H,4,7-14H2,(H,34,35). The summed E-state index contributed by atoms with van der Waals surface area (Å²) in [5.74, 6) is -2.04. The van der Waals surface area contributed by atoms with Crippen LogP contribution in [0.4, 0.5) is 4.39 Å². The van der Waals surface area contributed by atoms with Crippen molar-refractivity contribution in [1.29, 1.82) is 0 Å². The Bertz CT molecular complexity index is 1010. The van der Waals surface area contributed by atoms with Crippen molar-refractivity contribution in [3.8, 4) is 0 Å². The molecule has 2 aliphatic carbocycles. The SMILES string of the molecule is O=C(O)C1=CN2C3CC(c4ccccc4)CCC3OC3C(NCCC4CCCN4)C(F)CC(C1=O)C32. The molecule has 0 spiro atoms. The number of carboxylic acids is 1. The second-order valence-electron chi connectivity index (χ2n) is 11.2. The largest absolute Gasteiger partial charge is 0.478 e. The van der Waals surface area contributed by atoms with Gasteiger partial charge in [-0.15, -0.1) is 0 Å². The average molecular weight is 498 g/mol. The predicted molar refractivity (Wildman–Crippen MR) is 132 cm³/mol. The van der Waals surface area contributed by atoms with Crippen LogP contribution < -0.4 is 10.6 Å². The molecule has 2 saturated carbocycles. The monoisotopic (exact) mass is 497 g/mol. The lowest BCUT2D eigenvalue weighted by Crippen LogP contribution is -2.73. The third-order valence-corrected chi connectivity index (χ3v) is 9.20. The molecule has 6 rings (SSSR count). The molecule has 3 aliphatic heterocycles. The zero-order valence-corrected chi connectivity index (χ0v) is 20.5. The van der Waals surface area contributed by atoms with Crippen LogP contribution in [0.25, 0.3) is 0 Å². The number of alkyl halides is 1. The average Bonchev–Trinajstić information content (AvgIpc) is 3.41. The maximum atomic E-state index is 15.6. The van der Waals surface area contributed by atoms with Gasteiger partial charge in [0.15, 0.2) is 5.78 Å². The van der Waals surface area contributed by atoms with Gasteiger partial charge in [-0.3, -0.25) is 4.79 Å². The summed E-state index contributed by atoms with van der Waals surface area (Å²) >= 11 is 0. The van der Waals surface area contributed by atoms with Crippen LogP contribution in [0, 0.1) is 5.92 Å². The van der Waals surface area contributed by atoms with E-state index < -0.39 is 36.0 Å². The number of ether oxygens (including phenoxy) is 1. The van der Waals surface area contributed by atoms with Crippen molar-refractivity contribution in [2.45, 2.75) is 93.4 Å². The van der Waals surface area contributed by atoms with E-state index in [4.69, 9.17) is 4.74 Å². The Morgan fingerprint density at radius 2 is 2.03 bits per heavy atom. The number of carbonyl (C=O) groups excluding carboxylic acids is 1. The number of nitrogens with zero attached hydrogens (tertiary/aromatic N) is 1. The molecule has 0 aromatic heterocycles. The summed E-state index contributed by atoms with van der Waals surface area (Å²) in [5, 5.41) is 16.7. The minimum Gasteiger partial charge on any atom is -0.478 e. The summed E-state index contributed by atoms with van der Waals surface area (Å²) in [7, 11) is 0. The van der Waals surface area contributed by atoms with Crippen LogP contribution in [0.2, 0.25) is 0 Å². The molecule has 9 unspecified atom stereocenters. The van der Waals surface area contributed by atoms with E-state index in [2.05, 4.69) is 27.7 Å². The number of rotatable bonds is 6. The van der Waals surface area contributed by atoms with Gasteiger partial charge in [0.05, 0.1) is 30.3 Å². The molecule has 3 heterocycles. The van der Waals surface area contributed by atoms with Gasteiger partial charge >= 0.3 is 5.97 Å². The minimum absolute atomic E-state index is 0.0311. The van der Waals surface area contributed by atoms with Crippen LogP contribution in [-0.4, -0.2) is 77.4 Å². The van der Waals surface area contributed by atoms with E-state index in [-0.39, 0.29) is 30.2 Å². The quantitative estimate of drug-likeness (QED) is 0.521. The molecule has 4 fully saturated rings. The van der Waals surface area contributed by atoms with Crippen molar-refractivity contribution in [3.63, 3.8) is 0 Å². The molecule has 1 aromatic carbocycles. The zero-order chi connectivity index (χ0) is 24.8. The molecule has 9 atom stereocenters. The Morgan fingerprint density at radius 1 is 1.19 bits per heavy atom. The number of hydrogen-bond acceptors (Lipinski definition) is 6. The van der Waals surface area contributed by atoms with Crippen LogP contribution in [0.5, 0.6) is 0 Å². The highest BCUT2D eigenvalue weighted by Gasteiger charge is 2.58. The van der Waals surface area contributed by atoms with Crippen molar-refractivity contribution in [2.75, 3.05) is 13.1 Å². The molecule has 36 heavy (non-hydrogen) atoms. The van der Waals surface area contributed by atoms with E-state index in [1.54, 1.807) is 6.20 Å². The van der Waals surface area contributed by atoms with Gasteiger partial charge in [0.2, 0.25) is 0 Å². The van der Waals surface area contributed by atoms with Crippen LogP contribution >= 0.6 is 0 Å². The van der Waals surface area contributed by atoms with Crippen LogP contribution in [0.1, 0.15) is 56.4 Å². The number of benzene rings is 1. The zero-order valence-electron chi connectivity index (χ0n) is 20.5. The summed E-state index contributed by atoms with van der Waals surface area (Å²) in [6, 6.07) is 9.98. The number of halogens is 1. The van der Waals surface area contributed by atoms with Crippen LogP contribution in [-0.2, 0) is 14.3 Å². The third kappa shape index (κ3) is 4.27. The number of aliphatic carboxylic acids is 1. The van der Waals surface area contributed by atoms with E-state index in [0.717, 1.165) is 38.6 Å². The van der Waals surface area contributed by atoms with Gasteiger partial charge in [0, 0.05) is 18.2 Å². The summed E-state index contributed by atoms with van der Waals surface area (Å²) in [6.45, 7) is 1.73. The van der Waals surface area contributed by atoms with Gasteiger partial charge in [-0.25, -0.2) is 9.18 Å². The predicted octanol–water partition coefficient (Wildman–Crippen LogP) is 2.77. The molecule has 3 N–H and O–H groups in total. The Hall–Kier alpha value is -2.29. The highest BCUT2D eigenvalue weighted by molar-refractivity contribution is 6.18. The normalized spacial score (nSPS) is 39.8. The Balaban J connectivity index is 1.28. The number of ketones is 1. The first-order valence-corrected chi connectivity index (χ1v) is 13.6. The van der Waals surface area contributed by atoms with Gasteiger partial charge in [-0.2, -0.15) is 0 Å². The maximum Gasteiger partial charge on any atom is 0.340 e. The number of fused-ring (bicyclic) bond motifs is 2. The first-order valence-electron chi connectivity index (χ1n) is 13.6. The van der Waals surface area contributed by atoms with E-state index in [0.29, 0.717) is 18.5 Å². The first-order chi connectivity index (χ1) is 17.5. The van der Waals surface area contributed by atoms with Crippen molar-refractivity contribution in [2.24, 2.45) is 5.92 Å².